The fourth-order valence-electron chi connectivity index (χ4n) is 2.71. The molecule has 0 spiro atoms. The van der Waals surface area contributed by atoms with Crippen molar-refractivity contribution in [2.45, 2.75) is 38.1 Å². The number of aromatic hydroxyl groups is 1. The van der Waals surface area contributed by atoms with Crippen molar-refractivity contribution in [1.29, 1.82) is 0 Å². The Kier molecular flexibility index (Phi) is 4.42. The standard InChI is InChI=1S/C13H17BrN2O3/c14-11-7-9(16(18)19)6-10(13(11)17)12(15)8-4-2-1-3-5-8/h6-8,12,17H,1-5,15H2/t12-/m0/s1. The molecular formula is C13H17BrN2O3. The Morgan fingerprint density at radius 3 is 2.58 bits per heavy atom. The zero-order chi connectivity index (χ0) is 14.0. The molecule has 0 aromatic heterocycles. The molecule has 1 aromatic rings. The third-order valence-corrected chi connectivity index (χ3v) is 4.41. The Bertz CT molecular complexity index is 487. The highest BCUT2D eigenvalue weighted by Crippen LogP contribution is 2.40. The number of nitrogens with two attached hydrogens (primary N) is 1. The summed E-state index contributed by atoms with van der Waals surface area (Å²) in [5.74, 6) is 0.303. The van der Waals surface area contributed by atoms with E-state index in [9.17, 15) is 15.2 Å². The van der Waals surface area contributed by atoms with E-state index in [-0.39, 0.29) is 23.4 Å². The van der Waals surface area contributed by atoms with Gasteiger partial charge in [-0.1, -0.05) is 19.3 Å². The van der Waals surface area contributed by atoms with E-state index < -0.39 is 4.92 Å². The molecule has 0 heterocycles. The largest absolute Gasteiger partial charge is 0.506 e. The Balaban J connectivity index is 2.34. The molecule has 0 unspecified atom stereocenters. The average molecular weight is 329 g/mol. The van der Waals surface area contributed by atoms with Crippen LogP contribution in [0.5, 0.6) is 5.75 Å². The molecule has 1 saturated carbocycles. The van der Waals surface area contributed by atoms with Gasteiger partial charge in [-0.15, -0.1) is 0 Å². The van der Waals surface area contributed by atoms with Gasteiger partial charge in [0.15, 0.2) is 0 Å². The van der Waals surface area contributed by atoms with Gasteiger partial charge in [-0.3, -0.25) is 10.1 Å². The molecule has 1 aliphatic rings. The first-order valence-electron chi connectivity index (χ1n) is 6.43. The van der Waals surface area contributed by atoms with Gasteiger partial charge in [0, 0.05) is 23.7 Å². The van der Waals surface area contributed by atoms with Crippen molar-refractivity contribution in [2.75, 3.05) is 0 Å². The molecule has 6 heteroatoms. The molecule has 0 aliphatic heterocycles. The topological polar surface area (TPSA) is 89.4 Å². The van der Waals surface area contributed by atoms with Crippen LogP contribution < -0.4 is 5.73 Å². The van der Waals surface area contributed by atoms with Crippen LogP contribution >= 0.6 is 15.9 Å². The monoisotopic (exact) mass is 328 g/mol. The van der Waals surface area contributed by atoms with E-state index >= 15 is 0 Å². The van der Waals surface area contributed by atoms with E-state index in [2.05, 4.69) is 15.9 Å². The van der Waals surface area contributed by atoms with Crippen molar-refractivity contribution in [2.24, 2.45) is 11.7 Å². The zero-order valence-electron chi connectivity index (χ0n) is 10.5. The first kappa shape index (κ1) is 14.3. The van der Waals surface area contributed by atoms with Gasteiger partial charge in [-0.2, -0.15) is 0 Å². The number of nitrogens with zero attached hydrogens (tertiary/aromatic N) is 1. The number of phenols is 1. The van der Waals surface area contributed by atoms with Crippen molar-refractivity contribution < 1.29 is 10.0 Å². The number of benzene rings is 1. The Labute approximate surface area is 120 Å². The average Bonchev–Trinajstić information content (AvgIpc) is 2.41. The van der Waals surface area contributed by atoms with E-state index in [4.69, 9.17) is 5.73 Å². The van der Waals surface area contributed by atoms with Crippen LogP contribution in [0.3, 0.4) is 0 Å². The van der Waals surface area contributed by atoms with Gasteiger partial charge < -0.3 is 10.8 Å². The number of hydrogen-bond donors (Lipinski definition) is 2. The summed E-state index contributed by atoms with van der Waals surface area (Å²) in [4.78, 5) is 10.4. The molecule has 0 saturated heterocycles. The van der Waals surface area contributed by atoms with Crippen LogP contribution in [-0.2, 0) is 0 Å². The van der Waals surface area contributed by atoms with Crippen molar-refractivity contribution in [1.82, 2.24) is 0 Å². The van der Waals surface area contributed by atoms with Crippen molar-refractivity contribution in [3.63, 3.8) is 0 Å². The van der Waals surface area contributed by atoms with Crippen LogP contribution in [0.1, 0.15) is 43.7 Å². The predicted molar refractivity (Wildman–Crippen MR) is 76.0 cm³/mol. The fraction of sp³-hybridized carbons (Fsp3) is 0.538. The van der Waals surface area contributed by atoms with Gasteiger partial charge >= 0.3 is 0 Å². The number of nitro benzene ring substituents is 1. The molecular weight excluding hydrogens is 312 g/mol. The normalized spacial score (nSPS) is 18.2. The zero-order valence-corrected chi connectivity index (χ0v) is 12.1. The second-order valence-corrected chi connectivity index (χ2v) is 5.90. The lowest BCUT2D eigenvalue weighted by Crippen LogP contribution is -2.23. The van der Waals surface area contributed by atoms with E-state index in [0.29, 0.717) is 10.0 Å². The maximum Gasteiger partial charge on any atom is 0.271 e. The van der Waals surface area contributed by atoms with E-state index in [1.165, 1.54) is 18.6 Å². The molecule has 2 rings (SSSR count). The van der Waals surface area contributed by atoms with Crippen molar-refractivity contribution in [3.8, 4) is 5.75 Å². The minimum Gasteiger partial charge on any atom is -0.506 e. The first-order chi connectivity index (χ1) is 9.00. The lowest BCUT2D eigenvalue weighted by Gasteiger charge is -2.28. The van der Waals surface area contributed by atoms with Crippen molar-refractivity contribution >= 4 is 21.6 Å². The second-order valence-electron chi connectivity index (χ2n) is 5.05. The molecule has 0 amide bonds. The summed E-state index contributed by atoms with van der Waals surface area (Å²) in [7, 11) is 0. The van der Waals surface area contributed by atoms with Crippen LogP contribution in [-0.4, -0.2) is 10.0 Å². The van der Waals surface area contributed by atoms with Crippen LogP contribution in [0.15, 0.2) is 16.6 Å². The predicted octanol–water partition coefficient (Wildman–Crippen LogP) is 3.64. The molecule has 0 bridgehead atoms. The highest BCUT2D eigenvalue weighted by Gasteiger charge is 2.26. The van der Waals surface area contributed by atoms with E-state index in [1.54, 1.807) is 0 Å². The van der Waals surface area contributed by atoms with Gasteiger partial charge in [-0.05, 0) is 34.7 Å². The molecule has 1 aliphatic carbocycles. The van der Waals surface area contributed by atoms with Gasteiger partial charge in [0.2, 0.25) is 0 Å². The quantitative estimate of drug-likeness (QED) is 0.654. The Morgan fingerprint density at radius 1 is 1.37 bits per heavy atom. The van der Waals surface area contributed by atoms with Crippen LogP contribution in [0.2, 0.25) is 0 Å². The highest BCUT2D eigenvalue weighted by atomic mass is 79.9. The third kappa shape index (κ3) is 3.06. The second kappa shape index (κ2) is 5.88. The summed E-state index contributed by atoms with van der Waals surface area (Å²) < 4.78 is 0.322. The number of phenolic OH excluding ortho intramolecular Hbond substituents is 1. The molecule has 5 nitrogen and oxygen atoms in total. The number of non-ortho nitro benzene ring substituents is 1. The summed E-state index contributed by atoms with van der Waals surface area (Å²) >= 11 is 3.15. The first-order valence-corrected chi connectivity index (χ1v) is 7.22. The van der Waals surface area contributed by atoms with Crippen molar-refractivity contribution in [3.05, 3.63) is 32.3 Å². The SMILES string of the molecule is N[C@H](c1cc([N+](=O)[O-])cc(Br)c1O)C1CCCCC1. The smallest absolute Gasteiger partial charge is 0.271 e. The van der Waals surface area contributed by atoms with Crippen LogP contribution in [0, 0.1) is 16.0 Å². The molecule has 19 heavy (non-hydrogen) atoms. The van der Waals surface area contributed by atoms with E-state index in [0.717, 1.165) is 25.7 Å². The summed E-state index contributed by atoms with van der Waals surface area (Å²) in [5, 5.41) is 20.9. The molecule has 1 fully saturated rings. The minimum atomic E-state index is -0.471. The number of halogens is 1. The van der Waals surface area contributed by atoms with Crippen LogP contribution in [0.25, 0.3) is 0 Å². The molecule has 104 valence electrons. The molecule has 3 N–H and O–H groups in total. The van der Waals surface area contributed by atoms with Gasteiger partial charge in [-0.25, -0.2) is 0 Å². The highest BCUT2D eigenvalue weighted by molar-refractivity contribution is 9.10. The number of nitro groups is 1. The van der Waals surface area contributed by atoms with Gasteiger partial charge in [0.1, 0.15) is 5.75 Å². The van der Waals surface area contributed by atoms with E-state index in [1.807, 2.05) is 0 Å². The summed E-state index contributed by atoms with van der Waals surface area (Å²) in [6.07, 6.45) is 5.51. The Morgan fingerprint density at radius 2 is 2.00 bits per heavy atom. The van der Waals surface area contributed by atoms with Gasteiger partial charge in [0.25, 0.3) is 5.69 Å². The fourth-order valence-corrected chi connectivity index (χ4v) is 3.18. The lowest BCUT2D eigenvalue weighted by molar-refractivity contribution is -0.385. The summed E-state index contributed by atoms with van der Waals surface area (Å²) in [6.45, 7) is 0. The number of hydrogen-bond acceptors (Lipinski definition) is 4. The lowest BCUT2D eigenvalue weighted by atomic mass is 9.81. The summed E-state index contributed by atoms with van der Waals surface area (Å²) in [6, 6.07) is 2.34. The van der Waals surface area contributed by atoms with Gasteiger partial charge in [0.05, 0.1) is 9.40 Å². The molecule has 1 atom stereocenters. The Hall–Kier alpha value is -1.14. The summed E-state index contributed by atoms with van der Waals surface area (Å²) in [5.41, 5.74) is 6.62. The maximum atomic E-state index is 10.9. The molecule has 0 radical (unpaired) electrons. The number of rotatable bonds is 3. The maximum absolute atomic E-state index is 10.9. The third-order valence-electron chi connectivity index (χ3n) is 3.81. The van der Waals surface area contributed by atoms with Crippen LogP contribution in [0.4, 0.5) is 5.69 Å². The minimum absolute atomic E-state index is 0.0173. The molecule has 1 aromatic carbocycles.